The Kier molecular flexibility index (Phi) is 3.55. The first-order chi connectivity index (χ1) is 7.13. The van der Waals surface area contributed by atoms with Crippen molar-refractivity contribution < 1.29 is 19.4 Å². The number of methoxy groups -OCH3 is 2. The van der Waals surface area contributed by atoms with Crippen LogP contribution in [0.4, 0.5) is 0 Å². The molecular formula is C11H14O4. The SMILES string of the molecule is CCC(=O)c1cc(O)c(OC)c(OC)c1. The van der Waals surface area contributed by atoms with Crippen LogP contribution in [-0.4, -0.2) is 25.1 Å². The van der Waals surface area contributed by atoms with E-state index in [4.69, 9.17) is 9.47 Å². The summed E-state index contributed by atoms with van der Waals surface area (Å²) in [6.07, 6.45) is 0.384. The van der Waals surface area contributed by atoms with Gasteiger partial charge in [0, 0.05) is 12.0 Å². The molecule has 82 valence electrons. The van der Waals surface area contributed by atoms with Crippen molar-refractivity contribution in [2.45, 2.75) is 13.3 Å². The quantitative estimate of drug-likeness (QED) is 0.772. The van der Waals surface area contributed by atoms with Crippen molar-refractivity contribution in [1.29, 1.82) is 0 Å². The average Bonchev–Trinajstić information content (AvgIpc) is 2.26. The van der Waals surface area contributed by atoms with Gasteiger partial charge in [0.15, 0.2) is 17.3 Å². The van der Waals surface area contributed by atoms with Gasteiger partial charge < -0.3 is 14.6 Å². The number of carbonyl (C=O) groups is 1. The molecule has 0 aliphatic carbocycles. The van der Waals surface area contributed by atoms with Crippen LogP contribution in [0.1, 0.15) is 23.7 Å². The lowest BCUT2D eigenvalue weighted by atomic mass is 10.1. The summed E-state index contributed by atoms with van der Waals surface area (Å²) in [6, 6.07) is 2.94. The van der Waals surface area contributed by atoms with Crippen LogP contribution in [0.2, 0.25) is 0 Å². The molecule has 0 heterocycles. The highest BCUT2D eigenvalue weighted by molar-refractivity contribution is 5.97. The van der Waals surface area contributed by atoms with Gasteiger partial charge in [-0.25, -0.2) is 0 Å². The third kappa shape index (κ3) is 2.21. The fourth-order valence-corrected chi connectivity index (χ4v) is 1.31. The molecule has 0 radical (unpaired) electrons. The Hall–Kier alpha value is -1.71. The van der Waals surface area contributed by atoms with E-state index in [2.05, 4.69) is 0 Å². The van der Waals surface area contributed by atoms with Crippen molar-refractivity contribution in [3.05, 3.63) is 17.7 Å². The monoisotopic (exact) mass is 210 g/mol. The van der Waals surface area contributed by atoms with E-state index in [-0.39, 0.29) is 17.3 Å². The summed E-state index contributed by atoms with van der Waals surface area (Å²) in [6.45, 7) is 1.76. The van der Waals surface area contributed by atoms with Crippen LogP contribution in [0.3, 0.4) is 0 Å². The Labute approximate surface area is 88.4 Å². The number of carbonyl (C=O) groups excluding carboxylic acids is 1. The van der Waals surface area contributed by atoms with Crippen LogP contribution in [-0.2, 0) is 0 Å². The lowest BCUT2D eigenvalue weighted by molar-refractivity contribution is 0.0987. The maximum atomic E-state index is 11.4. The number of hydrogen-bond acceptors (Lipinski definition) is 4. The van der Waals surface area contributed by atoms with E-state index in [1.54, 1.807) is 13.0 Å². The Morgan fingerprint density at radius 1 is 1.33 bits per heavy atom. The minimum atomic E-state index is -0.0892. The molecule has 1 aromatic carbocycles. The average molecular weight is 210 g/mol. The molecule has 0 spiro atoms. The van der Waals surface area contributed by atoms with Gasteiger partial charge in [0.25, 0.3) is 0 Å². The van der Waals surface area contributed by atoms with Crippen molar-refractivity contribution in [2.24, 2.45) is 0 Å². The number of ether oxygens (including phenoxy) is 2. The summed E-state index contributed by atoms with van der Waals surface area (Å²) in [5, 5.41) is 9.59. The highest BCUT2D eigenvalue weighted by atomic mass is 16.5. The van der Waals surface area contributed by atoms with Gasteiger partial charge in [0.2, 0.25) is 5.75 Å². The number of phenolic OH excluding ortho intramolecular Hbond substituents is 1. The largest absolute Gasteiger partial charge is 0.504 e. The highest BCUT2D eigenvalue weighted by Crippen LogP contribution is 2.37. The summed E-state index contributed by atoms with van der Waals surface area (Å²) in [5.74, 6) is 0.458. The zero-order chi connectivity index (χ0) is 11.4. The number of benzene rings is 1. The van der Waals surface area contributed by atoms with Crippen LogP contribution in [0.5, 0.6) is 17.2 Å². The molecule has 0 aliphatic rings. The smallest absolute Gasteiger partial charge is 0.203 e. The molecule has 0 aromatic heterocycles. The predicted octanol–water partition coefficient (Wildman–Crippen LogP) is 2.00. The van der Waals surface area contributed by atoms with Gasteiger partial charge in [-0.2, -0.15) is 0 Å². The number of ketones is 1. The summed E-state index contributed by atoms with van der Waals surface area (Å²) in [5.41, 5.74) is 0.424. The fourth-order valence-electron chi connectivity index (χ4n) is 1.31. The third-order valence-corrected chi connectivity index (χ3v) is 2.10. The molecule has 0 fully saturated rings. The molecule has 4 heteroatoms. The molecule has 4 nitrogen and oxygen atoms in total. The van der Waals surface area contributed by atoms with E-state index in [0.717, 1.165) is 0 Å². The first-order valence-corrected chi connectivity index (χ1v) is 4.62. The number of hydrogen-bond donors (Lipinski definition) is 1. The van der Waals surface area contributed by atoms with Gasteiger partial charge in [-0.3, -0.25) is 4.79 Å². The van der Waals surface area contributed by atoms with E-state index in [9.17, 15) is 9.90 Å². The lowest BCUT2D eigenvalue weighted by Crippen LogP contribution is -1.99. The molecule has 0 amide bonds. The van der Waals surface area contributed by atoms with Gasteiger partial charge in [-0.15, -0.1) is 0 Å². The van der Waals surface area contributed by atoms with Crippen LogP contribution < -0.4 is 9.47 Å². The molecule has 0 saturated heterocycles. The minimum Gasteiger partial charge on any atom is -0.504 e. The molecule has 0 saturated carbocycles. The normalized spacial score (nSPS) is 9.80. The van der Waals surface area contributed by atoms with Gasteiger partial charge in [-0.05, 0) is 12.1 Å². The first kappa shape index (κ1) is 11.4. The zero-order valence-corrected chi connectivity index (χ0v) is 9.03. The molecule has 0 bridgehead atoms. The Morgan fingerprint density at radius 2 is 2.00 bits per heavy atom. The number of phenols is 1. The molecule has 1 aromatic rings. The molecule has 15 heavy (non-hydrogen) atoms. The number of aromatic hydroxyl groups is 1. The molecule has 0 atom stereocenters. The summed E-state index contributed by atoms with van der Waals surface area (Å²) in [4.78, 5) is 11.4. The summed E-state index contributed by atoms with van der Waals surface area (Å²) >= 11 is 0. The second-order valence-electron chi connectivity index (χ2n) is 3.01. The topological polar surface area (TPSA) is 55.8 Å². The van der Waals surface area contributed by atoms with Gasteiger partial charge in [-0.1, -0.05) is 6.92 Å². The Balaban J connectivity index is 3.25. The van der Waals surface area contributed by atoms with Crippen molar-refractivity contribution in [3.63, 3.8) is 0 Å². The lowest BCUT2D eigenvalue weighted by Gasteiger charge is -2.10. The van der Waals surface area contributed by atoms with Gasteiger partial charge in [0.1, 0.15) is 0 Å². The van der Waals surface area contributed by atoms with Crippen LogP contribution in [0.25, 0.3) is 0 Å². The maximum absolute atomic E-state index is 11.4. The second kappa shape index (κ2) is 4.68. The molecule has 1 rings (SSSR count). The van der Waals surface area contributed by atoms with E-state index in [1.807, 2.05) is 0 Å². The third-order valence-electron chi connectivity index (χ3n) is 2.10. The number of rotatable bonds is 4. The number of Topliss-reactive ketones (excluding diaryl/α,β-unsaturated/α-hetero) is 1. The summed E-state index contributed by atoms with van der Waals surface area (Å²) in [7, 11) is 2.89. The van der Waals surface area contributed by atoms with E-state index < -0.39 is 0 Å². The Bertz CT molecular complexity index is 371. The molecule has 1 N–H and O–H groups in total. The maximum Gasteiger partial charge on any atom is 0.203 e. The van der Waals surface area contributed by atoms with E-state index in [0.29, 0.717) is 17.7 Å². The van der Waals surface area contributed by atoms with Gasteiger partial charge in [0.05, 0.1) is 14.2 Å². The van der Waals surface area contributed by atoms with E-state index in [1.165, 1.54) is 20.3 Å². The zero-order valence-electron chi connectivity index (χ0n) is 9.03. The predicted molar refractivity (Wildman–Crippen MR) is 55.8 cm³/mol. The van der Waals surface area contributed by atoms with Gasteiger partial charge >= 0.3 is 0 Å². The molecular weight excluding hydrogens is 196 g/mol. The second-order valence-corrected chi connectivity index (χ2v) is 3.01. The van der Waals surface area contributed by atoms with Crippen molar-refractivity contribution in [2.75, 3.05) is 14.2 Å². The van der Waals surface area contributed by atoms with Crippen molar-refractivity contribution >= 4 is 5.78 Å². The van der Waals surface area contributed by atoms with Crippen molar-refractivity contribution in [1.82, 2.24) is 0 Å². The van der Waals surface area contributed by atoms with Crippen LogP contribution >= 0.6 is 0 Å². The highest BCUT2D eigenvalue weighted by Gasteiger charge is 2.14. The fraction of sp³-hybridized carbons (Fsp3) is 0.364. The van der Waals surface area contributed by atoms with Crippen LogP contribution in [0.15, 0.2) is 12.1 Å². The minimum absolute atomic E-state index is 0.0498. The van der Waals surface area contributed by atoms with Crippen molar-refractivity contribution in [3.8, 4) is 17.2 Å². The summed E-state index contributed by atoms with van der Waals surface area (Å²) < 4.78 is 9.96. The molecule has 0 unspecified atom stereocenters. The first-order valence-electron chi connectivity index (χ1n) is 4.62. The van der Waals surface area contributed by atoms with E-state index >= 15 is 0 Å². The Morgan fingerprint density at radius 3 is 2.47 bits per heavy atom. The van der Waals surface area contributed by atoms with Crippen LogP contribution in [0, 0.1) is 0 Å². The standard InChI is InChI=1S/C11H14O4/c1-4-8(12)7-5-9(13)11(15-3)10(6-7)14-2/h5-6,13H,4H2,1-3H3. The molecule has 0 aliphatic heterocycles.